The molecule has 0 radical (unpaired) electrons. The number of nitrogens with two attached hydrogens (primary N) is 2. The predicted octanol–water partition coefficient (Wildman–Crippen LogP) is 2.51. The Hall–Kier alpha value is -1.68. The van der Waals surface area contributed by atoms with E-state index < -0.39 is 0 Å². The molecule has 0 aliphatic heterocycles. The molecule has 0 amide bonds. The lowest BCUT2D eigenvalue weighted by atomic mass is 10.0. The third-order valence-corrected chi connectivity index (χ3v) is 3.60. The SMILES string of the molecule is NCCCC(N)NCCc1ccc(-c2ccccc2)cc1. The monoisotopic (exact) mass is 283 g/mol. The molecule has 0 spiro atoms. The molecule has 5 N–H and O–H groups in total. The summed E-state index contributed by atoms with van der Waals surface area (Å²) in [5, 5.41) is 3.33. The van der Waals surface area contributed by atoms with Crippen LogP contribution in [-0.4, -0.2) is 19.3 Å². The average molecular weight is 283 g/mol. The van der Waals surface area contributed by atoms with E-state index in [1.165, 1.54) is 16.7 Å². The Morgan fingerprint density at radius 2 is 1.57 bits per heavy atom. The van der Waals surface area contributed by atoms with Crippen LogP contribution >= 0.6 is 0 Å². The zero-order valence-electron chi connectivity index (χ0n) is 12.5. The fourth-order valence-electron chi connectivity index (χ4n) is 2.34. The Morgan fingerprint density at radius 3 is 2.24 bits per heavy atom. The van der Waals surface area contributed by atoms with Crippen molar-refractivity contribution in [1.29, 1.82) is 0 Å². The summed E-state index contributed by atoms with van der Waals surface area (Å²) < 4.78 is 0. The lowest BCUT2D eigenvalue weighted by Crippen LogP contribution is -2.38. The van der Waals surface area contributed by atoms with Gasteiger partial charge in [0.1, 0.15) is 0 Å². The Bertz CT molecular complexity index is 508. The van der Waals surface area contributed by atoms with Gasteiger partial charge in [0.25, 0.3) is 0 Å². The maximum Gasteiger partial charge on any atom is 0.0546 e. The maximum atomic E-state index is 5.96. The molecular formula is C18H25N3. The maximum absolute atomic E-state index is 5.96. The van der Waals surface area contributed by atoms with Crippen molar-refractivity contribution < 1.29 is 0 Å². The van der Waals surface area contributed by atoms with Gasteiger partial charge in [-0.3, -0.25) is 0 Å². The minimum Gasteiger partial charge on any atom is -0.330 e. The van der Waals surface area contributed by atoms with Gasteiger partial charge in [-0.2, -0.15) is 0 Å². The first-order chi connectivity index (χ1) is 10.3. The van der Waals surface area contributed by atoms with Crippen molar-refractivity contribution in [3.05, 3.63) is 60.2 Å². The number of benzene rings is 2. The third-order valence-electron chi connectivity index (χ3n) is 3.60. The largest absolute Gasteiger partial charge is 0.330 e. The molecule has 0 aromatic heterocycles. The minimum absolute atomic E-state index is 0.0529. The van der Waals surface area contributed by atoms with Gasteiger partial charge in [-0.25, -0.2) is 0 Å². The molecule has 0 fully saturated rings. The van der Waals surface area contributed by atoms with Crippen LogP contribution in [0.3, 0.4) is 0 Å². The van der Waals surface area contributed by atoms with E-state index in [1.807, 2.05) is 6.07 Å². The molecule has 0 aliphatic rings. The molecule has 3 nitrogen and oxygen atoms in total. The van der Waals surface area contributed by atoms with Crippen molar-refractivity contribution >= 4 is 0 Å². The highest BCUT2D eigenvalue weighted by Crippen LogP contribution is 2.19. The fraction of sp³-hybridized carbons (Fsp3) is 0.333. The molecule has 2 aromatic rings. The number of hydrogen-bond acceptors (Lipinski definition) is 3. The summed E-state index contributed by atoms with van der Waals surface area (Å²) >= 11 is 0. The second-order valence-corrected chi connectivity index (χ2v) is 5.30. The smallest absolute Gasteiger partial charge is 0.0546 e. The van der Waals surface area contributed by atoms with E-state index in [-0.39, 0.29) is 6.17 Å². The summed E-state index contributed by atoms with van der Waals surface area (Å²) in [6, 6.07) is 19.2. The van der Waals surface area contributed by atoms with Gasteiger partial charge in [-0.1, -0.05) is 54.6 Å². The van der Waals surface area contributed by atoms with E-state index in [9.17, 15) is 0 Å². The van der Waals surface area contributed by atoms with E-state index in [0.29, 0.717) is 6.54 Å². The van der Waals surface area contributed by atoms with Gasteiger partial charge in [-0.15, -0.1) is 0 Å². The molecule has 3 heteroatoms. The Morgan fingerprint density at radius 1 is 0.905 bits per heavy atom. The molecule has 0 aliphatic carbocycles. The zero-order chi connectivity index (χ0) is 14.9. The number of nitrogens with one attached hydrogen (secondary N) is 1. The summed E-state index contributed by atoms with van der Waals surface area (Å²) in [6.45, 7) is 1.60. The second-order valence-electron chi connectivity index (χ2n) is 5.30. The van der Waals surface area contributed by atoms with E-state index in [1.54, 1.807) is 0 Å². The number of hydrogen-bond donors (Lipinski definition) is 3. The van der Waals surface area contributed by atoms with Crippen LogP contribution in [0.1, 0.15) is 18.4 Å². The normalized spacial score (nSPS) is 12.3. The van der Waals surface area contributed by atoms with Gasteiger partial charge in [0.05, 0.1) is 6.17 Å². The van der Waals surface area contributed by atoms with Crippen LogP contribution in [-0.2, 0) is 6.42 Å². The highest BCUT2D eigenvalue weighted by molar-refractivity contribution is 5.63. The van der Waals surface area contributed by atoms with Crippen molar-refractivity contribution in [2.24, 2.45) is 11.5 Å². The topological polar surface area (TPSA) is 64.1 Å². The van der Waals surface area contributed by atoms with Gasteiger partial charge in [0.2, 0.25) is 0 Å². The van der Waals surface area contributed by atoms with Crippen LogP contribution in [0.2, 0.25) is 0 Å². The summed E-state index contributed by atoms with van der Waals surface area (Å²) in [5.74, 6) is 0. The van der Waals surface area contributed by atoms with Crippen molar-refractivity contribution in [2.45, 2.75) is 25.4 Å². The highest BCUT2D eigenvalue weighted by Gasteiger charge is 2.01. The average Bonchev–Trinajstić information content (AvgIpc) is 2.54. The first-order valence-corrected chi connectivity index (χ1v) is 7.63. The van der Waals surface area contributed by atoms with Crippen molar-refractivity contribution in [2.75, 3.05) is 13.1 Å². The third kappa shape index (κ3) is 5.31. The van der Waals surface area contributed by atoms with Crippen LogP contribution in [0.5, 0.6) is 0 Å². The van der Waals surface area contributed by atoms with Crippen LogP contribution < -0.4 is 16.8 Å². The van der Waals surface area contributed by atoms with Gasteiger partial charge in [0, 0.05) is 6.54 Å². The standard InChI is InChI=1S/C18H25N3/c19-13-4-7-18(20)21-14-12-15-8-10-17(11-9-15)16-5-2-1-3-6-16/h1-3,5-6,8-11,18,21H,4,7,12-14,19-20H2. The molecule has 21 heavy (non-hydrogen) atoms. The molecule has 0 saturated heterocycles. The Balaban J connectivity index is 1.80. The van der Waals surface area contributed by atoms with Crippen molar-refractivity contribution in [3.63, 3.8) is 0 Å². The first-order valence-electron chi connectivity index (χ1n) is 7.63. The van der Waals surface area contributed by atoms with Gasteiger partial charge < -0.3 is 16.8 Å². The lowest BCUT2D eigenvalue weighted by Gasteiger charge is -2.13. The lowest BCUT2D eigenvalue weighted by molar-refractivity contribution is 0.486. The summed E-state index contributed by atoms with van der Waals surface area (Å²) in [6.07, 6.45) is 2.95. The Kier molecular flexibility index (Phi) is 6.41. The molecule has 1 atom stereocenters. The highest BCUT2D eigenvalue weighted by atomic mass is 15.0. The molecule has 0 heterocycles. The predicted molar refractivity (Wildman–Crippen MR) is 89.8 cm³/mol. The van der Waals surface area contributed by atoms with Gasteiger partial charge >= 0.3 is 0 Å². The molecule has 2 rings (SSSR count). The van der Waals surface area contributed by atoms with E-state index in [4.69, 9.17) is 11.5 Å². The molecular weight excluding hydrogens is 258 g/mol. The minimum atomic E-state index is 0.0529. The van der Waals surface area contributed by atoms with Crippen LogP contribution in [0.4, 0.5) is 0 Å². The van der Waals surface area contributed by atoms with Crippen molar-refractivity contribution in [3.8, 4) is 11.1 Å². The van der Waals surface area contributed by atoms with Gasteiger partial charge in [0.15, 0.2) is 0 Å². The van der Waals surface area contributed by atoms with E-state index >= 15 is 0 Å². The summed E-state index contributed by atoms with van der Waals surface area (Å²) in [7, 11) is 0. The Labute approximate surface area is 127 Å². The van der Waals surface area contributed by atoms with E-state index in [2.05, 4.69) is 53.8 Å². The van der Waals surface area contributed by atoms with Crippen LogP contribution in [0.25, 0.3) is 11.1 Å². The zero-order valence-corrected chi connectivity index (χ0v) is 12.5. The summed E-state index contributed by atoms with van der Waals surface area (Å²) in [4.78, 5) is 0. The molecule has 0 saturated carbocycles. The molecule has 1 unspecified atom stereocenters. The quantitative estimate of drug-likeness (QED) is 0.652. The van der Waals surface area contributed by atoms with E-state index in [0.717, 1.165) is 25.8 Å². The first kappa shape index (κ1) is 15.7. The molecule has 2 aromatic carbocycles. The van der Waals surface area contributed by atoms with Crippen LogP contribution in [0.15, 0.2) is 54.6 Å². The fourth-order valence-corrected chi connectivity index (χ4v) is 2.34. The van der Waals surface area contributed by atoms with Crippen molar-refractivity contribution in [1.82, 2.24) is 5.32 Å². The molecule has 112 valence electrons. The van der Waals surface area contributed by atoms with Gasteiger partial charge in [-0.05, 0) is 42.5 Å². The second kappa shape index (κ2) is 8.57. The molecule has 0 bridgehead atoms. The number of rotatable bonds is 8. The summed E-state index contributed by atoms with van der Waals surface area (Å²) in [5.41, 5.74) is 15.3. The van der Waals surface area contributed by atoms with Crippen LogP contribution in [0, 0.1) is 0 Å².